The van der Waals surface area contributed by atoms with Gasteiger partial charge in [0.25, 0.3) is 0 Å². The Bertz CT molecular complexity index is 596. The smallest absolute Gasteiger partial charge is 0.306 e. The van der Waals surface area contributed by atoms with E-state index in [4.69, 9.17) is 5.11 Å². The zero-order valence-corrected chi connectivity index (χ0v) is 11.1. The predicted octanol–water partition coefficient (Wildman–Crippen LogP) is 1.17. The molecule has 19 heavy (non-hydrogen) atoms. The molecule has 5 nitrogen and oxygen atoms in total. The van der Waals surface area contributed by atoms with Gasteiger partial charge in [0.15, 0.2) is 0 Å². The minimum absolute atomic E-state index is 0.115. The van der Waals surface area contributed by atoms with E-state index in [2.05, 4.69) is 0 Å². The van der Waals surface area contributed by atoms with E-state index in [0.717, 1.165) is 10.4 Å². The molecule has 0 bridgehead atoms. The molecule has 1 aliphatic rings. The third-order valence-electron chi connectivity index (χ3n) is 3.43. The first-order valence-corrected chi connectivity index (χ1v) is 7.25. The van der Waals surface area contributed by atoms with Crippen LogP contribution >= 0.6 is 0 Å². The summed E-state index contributed by atoms with van der Waals surface area (Å²) in [4.78, 5) is 10.4. The van der Waals surface area contributed by atoms with Gasteiger partial charge in [0, 0.05) is 13.1 Å². The van der Waals surface area contributed by atoms with E-state index in [0.29, 0.717) is 0 Å². The summed E-state index contributed by atoms with van der Waals surface area (Å²) in [5.41, 5.74) is 0. The predicted molar refractivity (Wildman–Crippen MR) is 65.4 cm³/mol. The molecule has 1 saturated heterocycles. The van der Waals surface area contributed by atoms with Crippen molar-refractivity contribution in [2.24, 2.45) is 11.8 Å². The number of sulfonamides is 1. The van der Waals surface area contributed by atoms with Crippen LogP contribution in [0.25, 0.3) is 0 Å². The van der Waals surface area contributed by atoms with Crippen molar-refractivity contribution >= 4 is 16.0 Å². The van der Waals surface area contributed by atoms with Gasteiger partial charge in [-0.1, -0.05) is 19.1 Å². The monoisotopic (exact) mass is 287 g/mol. The number of rotatable bonds is 4. The standard InChI is InChI=1S/C12H14FNO4S/c1-8(12(15)16)9-6-14(7-9)19(17,18)11-5-3-2-4-10(11)13/h2-5,8-9H,6-7H2,1H3,(H,15,16). The number of carbonyl (C=O) groups is 1. The maximum Gasteiger partial charge on any atom is 0.306 e. The molecular weight excluding hydrogens is 273 g/mol. The van der Waals surface area contributed by atoms with E-state index >= 15 is 0 Å². The van der Waals surface area contributed by atoms with Gasteiger partial charge in [-0.2, -0.15) is 4.31 Å². The molecule has 1 unspecified atom stereocenters. The summed E-state index contributed by atoms with van der Waals surface area (Å²) in [6, 6.07) is 5.16. The Labute approximate surface area is 110 Å². The van der Waals surface area contributed by atoms with Crippen molar-refractivity contribution in [1.82, 2.24) is 4.31 Å². The minimum atomic E-state index is -3.86. The van der Waals surface area contributed by atoms with Crippen molar-refractivity contribution in [2.45, 2.75) is 11.8 Å². The SMILES string of the molecule is CC(C(=O)O)C1CN(S(=O)(=O)c2ccccc2F)C1. The summed E-state index contributed by atoms with van der Waals surface area (Å²) in [7, 11) is -3.86. The zero-order chi connectivity index (χ0) is 14.2. The summed E-state index contributed by atoms with van der Waals surface area (Å²) in [5.74, 6) is -2.57. The highest BCUT2D eigenvalue weighted by atomic mass is 32.2. The number of benzene rings is 1. The van der Waals surface area contributed by atoms with Gasteiger partial charge in [-0.3, -0.25) is 4.79 Å². The van der Waals surface area contributed by atoms with Crippen LogP contribution < -0.4 is 0 Å². The van der Waals surface area contributed by atoms with Crippen molar-refractivity contribution in [3.05, 3.63) is 30.1 Å². The molecule has 1 aromatic rings. The fourth-order valence-corrected chi connectivity index (χ4v) is 3.60. The number of halogens is 1. The second-order valence-corrected chi connectivity index (χ2v) is 6.55. The largest absolute Gasteiger partial charge is 0.481 e. The summed E-state index contributed by atoms with van der Waals surface area (Å²) < 4.78 is 38.8. The third-order valence-corrected chi connectivity index (χ3v) is 5.29. The van der Waals surface area contributed by atoms with Crippen LogP contribution in [-0.2, 0) is 14.8 Å². The molecule has 1 fully saturated rings. The Morgan fingerprint density at radius 3 is 2.53 bits per heavy atom. The highest BCUT2D eigenvalue weighted by molar-refractivity contribution is 7.89. The van der Waals surface area contributed by atoms with Crippen LogP contribution in [-0.4, -0.2) is 36.9 Å². The molecule has 1 heterocycles. The maximum atomic E-state index is 13.5. The molecule has 2 rings (SSSR count). The van der Waals surface area contributed by atoms with Crippen LogP contribution in [0.15, 0.2) is 29.2 Å². The molecule has 0 amide bonds. The topological polar surface area (TPSA) is 74.7 Å². The van der Waals surface area contributed by atoms with Gasteiger partial charge >= 0.3 is 5.97 Å². The van der Waals surface area contributed by atoms with E-state index in [1.165, 1.54) is 18.2 Å². The normalized spacial score (nSPS) is 18.8. The fourth-order valence-electron chi connectivity index (χ4n) is 1.98. The van der Waals surface area contributed by atoms with Gasteiger partial charge in [-0.15, -0.1) is 0 Å². The van der Waals surface area contributed by atoms with Crippen molar-refractivity contribution < 1.29 is 22.7 Å². The van der Waals surface area contributed by atoms with Crippen LogP contribution in [0.5, 0.6) is 0 Å². The van der Waals surface area contributed by atoms with Crippen LogP contribution in [0, 0.1) is 17.7 Å². The number of hydrogen-bond donors (Lipinski definition) is 1. The number of hydrogen-bond acceptors (Lipinski definition) is 3. The van der Waals surface area contributed by atoms with E-state index in [-0.39, 0.29) is 23.9 Å². The Morgan fingerprint density at radius 1 is 1.42 bits per heavy atom. The Balaban J connectivity index is 2.13. The van der Waals surface area contributed by atoms with E-state index < -0.39 is 27.7 Å². The molecule has 1 atom stereocenters. The Kier molecular flexibility index (Phi) is 3.60. The number of nitrogens with zero attached hydrogens (tertiary/aromatic N) is 1. The quantitative estimate of drug-likeness (QED) is 0.902. The Hall–Kier alpha value is -1.47. The van der Waals surface area contributed by atoms with E-state index in [9.17, 15) is 17.6 Å². The van der Waals surface area contributed by atoms with Crippen molar-refractivity contribution in [3.8, 4) is 0 Å². The molecule has 1 N–H and O–H groups in total. The molecule has 0 saturated carbocycles. The van der Waals surface area contributed by atoms with Crippen LogP contribution in [0.3, 0.4) is 0 Å². The third kappa shape index (κ3) is 2.48. The van der Waals surface area contributed by atoms with Gasteiger partial charge in [0.05, 0.1) is 5.92 Å². The van der Waals surface area contributed by atoms with Crippen molar-refractivity contribution in [2.75, 3.05) is 13.1 Å². The first-order chi connectivity index (χ1) is 8.84. The highest BCUT2D eigenvalue weighted by Gasteiger charge is 2.41. The Morgan fingerprint density at radius 2 is 2.00 bits per heavy atom. The van der Waals surface area contributed by atoms with Gasteiger partial charge in [-0.25, -0.2) is 12.8 Å². The molecule has 0 radical (unpaired) electrons. The second kappa shape index (κ2) is 4.90. The number of carboxylic acids is 1. The van der Waals surface area contributed by atoms with Gasteiger partial charge in [-0.05, 0) is 18.1 Å². The first-order valence-electron chi connectivity index (χ1n) is 5.81. The first kappa shape index (κ1) is 14.0. The summed E-state index contributed by atoms with van der Waals surface area (Å²) in [5, 5.41) is 8.84. The molecule has 7 heteroatoms. The van der Waals surface area contributed by atoms with Crippen LogP contribution in [0.4, 0.5) is 4.39 Å². The van der Waals surface area contributed by atoms with E-state index in [1.807, 2.05) is 0 Å². The summed E-state index contributed by atoms with van der Waals surface area (Å²) in [6.07, 6.45) is 0. The van der Waals surface area contributed by atoms with Crippen LogP contribution in [0.1, 0.15) is 6.92 Å². The van der Waals surface area contributed by atoms with Crippen molar-refractivity contribution in [3.63, 3.8) is 0 Å². The highest BCUT2D eigenvalue weighted by Crippen LogP contribution is 2.30. The van der Waals surface area contributed by atoms with Gasteiger partial charge in [0.2, 0.25) is 10.0 Å². The minimum Gasteiger partial charge on any atom is -0.481 e. The number of carboxylic acid groups (broad SMARTS) is 1. The lowest BCUT2D eigenvalue weighted by Crippen LogP contribution is -2.53. The van der Waals surface area contributed by atoms with E-state index in [1.54, 1.807) is 6.92 Å². The van der Waals surface area contributed by atoms with Crippen LogP contribution in [0.2, 0.25) is 0 Å². The lowest BCUT2D eigenvalue weighted by atomic mass is 9.89. The maximum absolute atomic E-state index is 13.5. The van der Waals surface area contributed by atoms with Gasteiger partial charge < -0.3 is 5.11 Å². The summed E-state index contributed by atoms with van der Waals surface area (Å²) in [6.45, 7) is 1.77. The average molecular weight is 287 g/mol. The molecule has 1 aromatic carbocycles. The lowest BCUT2D eigenvalue weighted by molar-refractivity contribution is -0.144. The zero-order valence-electron chi connectivity index (χ0n) is 10.3. The molecular formula is C12H14FNO4S. The lowest BCUT2D eigenvalue weighted by Gasteiger charge is -2.39. The van der Waals surface area contributed by atoms with Crippen molar-refractivity contribution in [1.29, 1.82) is 0 Å². The summed E-state index contributed by atoms with van der Waals surface area (Å²) >= 11 is 0. The molecule has 0 spiro atoms. The fraction of sp³-hybridized carbons (Fsp3) is 0.417. The number of aliphatic carboxylic acids is 1. The molecule has 0 aliphatic carbocycles. The second-order valence-electron chi connectivity index (χ2n) is 4.64. The molecule has 0 aromatic heterocycles. The average Bonchev–Trinajstić information content (AvgIpc) is 2.26. The molecule has 1 aliphatic heterocycles. The van der Waals surface area contributed by atoms with Gasteiger partial charge in [0.1, 0.15) is 10.7 Å². The molecule has 104 valence electrons.